The predicted octanol–water partition coefficient (Wildman–Crippen LogP) is 3.93. The number of halogens is 1. The zero-order chi connectivity index (χ0) is 14.0. The molecule has 0 aliphatic heterocycles. The Labute approximate surface area is 131 Å². The van der Waals surface area contributed by atoms with Crippen LogP contribution in [0.5, 0.6) is 0 Å². The second-order valence-electron chi connectivity index (χ2n) is 3.71. The molecule has 0 radical (unpaired) electrons. The van der Waals surface area contributed by atoms with Crippen LogP contribution in [0.15, 0.2) is 17.5 Å². The maximum Gasteiger partial charge on any atom is 0.338 e. The van der Waals surface area contributed by atoms with Gasteiger partial charge in [0.1, 0.15) is 5.00 Å². The molecule has 2 heterocycles. The van der Waals surface area contributed by atoms with Gasteiger partial charge in [-0.15, -0.1) is 22.7 Å². The van der Waals surface area contributed by atoms with Crippen molar-refractivity contribution in [3.05, 3.63) is 36.4 Å². The molecule has 0 saturated carbocycles. The van der Waals surface area contributed by atoms with Crippen molar-refractivity contribution in [3.8, 4) is 0 Å². The Morgan fingerprint density at radius 1 is 1.42 bits per heavy atom. The van der Waals surface area contributed by atoms with E-state index in [1.165, 1.54) is 22.7 Å². The number of nitrogens with one attached hydrogen (secondary N) is 1. The quantitative estimate of drug-likeness (QED) is 0.755. The summed E-state index contributed by atoms with van der Waals surface area (Å²) in [4.78, 5) is 24.1. The van der Waals surface area contributed by atoms with Gasteiger partial charge in [0, 0.05) is 10.3 Å². The van der Waals surface area contributed by atoms with Crippen molar-refractivity contribution >= 4 is 62.1 Å². The highest BCUT2D eigenvalue weighted by atomic mass is 127. The van der Waals surface area contributed by atoms with Crippen molar-refractivity contribution in [2.75, 3.05) is 5.32 Å². The largest absolute Gasteiger partial charge is 0.478 e. The molecule has 0 unspecified atom stereocenters. The molecule has 0 fully saturated rings. The van der Waals surface area contributed by atoms with E-state index in [9.17, 15) is 9.59 Å². The van der Waals surface area contributed by atoms with Crippen LogP contribution in [-0.2, 0) is 6.42 Å². The first-order valence-electron chi connectivity index (χ1n) is 5.42. The summed E-state index contributed by atoms with van der Waals surface area (Å²) in [7, 11) is 0. The molecule has 0 spiro atoms. The zero-order valence-corrected chi connectivity index (χ0v) is 13.7. The fourth-order valence-electron chi connectivity index (χ4n) is 1.47. The van der Waals surface area contributed by atoms with E-state index in [4.69, 9.17) is 5.11 Å². The molecule has 0 atom stereocenters. The molecule has 2 rings (SSSR count). The van der Waals surface area contributed by atoms with Gasteiger partial charge in [0.15, 0.2) is 0 Å². The first kappa shape index (κ1) is 14.5. The number of carboxylic acids is 1. The van der Waals surface area contributed by atoms with E-state index < -0.39 is 5.97 Å². The summed E-state index contributed by atoms with van der Waals surface area (Å²) in [6, 6.07) is 3.38. The molecule has 2 N–H and O–H groups in total. The number of anilines is 1. The number of hydrogen-bond acceptors (Lipinski definition) is 4. The summed E-state index contributed by atoms with van der Waals surface area (Å²) in [6.45, 7) is 1.95. The Kier molecular flexibility index (Phi) is 4.58. The second kappa shape index (κ2) is 6.02. The van der Waals surface area contributed by atoms with Crippen LogP contribution in [-0.4, -0.2) is 17.0 Å². The van der Waals surface area contributed by atoms with Gasteiger partial charge in [-0.2, -0.15) is 0 Å². The SMILES string of the molecule is CCc1cc(C(=O)O)c(NC(=O)c2csc(I)c2)s1. The predicted molar refractivity (Wildman–Crippen MR) is 85.6 cm³/mol. The Bertz CT molecular complexity index is 633. The van der Waals surface area contributed by atoms with E-state index in [0.717, 1.165) is 14.2 Å². The van der Waals surface area contributed by atoms with Gasteiger partial charge in [0.05, 0.1) is 14.0 Å². The van der Waals surface area contributed by atoms with Crippen molar-refractivity contribution in [1.29, 1.82) is 0 Å². The van der Waals surface area contributed by atoms with E-state index >= 15 is 0 Å². The van der Waals surface area contributed by atoms with Gasteiger partial charge in [-0.3, -0.25) is 4.79 Å². The highest BCUT2D eigenvalue weighted by Gasteiger charge is 2.17. The van der Waals surface area contributed by atoms with Crippen LogP contribution in [0.4, 0.5) is 5.00 Å². The van der Waals surface area contributed by atoms with Crippen molar-refractivity contribution in [1.82, 2.24) is 0 Å². The van der Waals surface area contributed by atoms with Crippen molar-refractivity contribution < 1.29 is 14.7 Å². The number of carbonyl (C=O) groups excluding carboxylic acids is 1. The van der Waals surface area contributed by atoms with Gasteiger partial charge in [-0.05, 0) is 41.1 Å². The minimum Gasteiger partial charge on any atom is -0.478 e. The number of hydrogen-bond donors (Lipinski definition) is 2. The van der Waals surface area contributed by atoms with Crippen molar-refractivity contribution in [3.63, 3.8) is 0 Å². The standard InChI is InChI=1S/C12H10INO3S2/c1-2-7-4-8(12(16)17)11(19-7)14-10(15)6-3-9(13)18-5-6/h3-5H,2H2,1H3,(H,14,15)(H,16,17). The molecule has 0 aliphatic rings. The summed E-state index contributed by atoms with van der Waals surface area (Å²) in [5, 5.41) is 14.0. The third kappa shape index (κ3) is 3.34. The Balaban J connectivity index is 2.25. The van der Waals surface area contributed by atoms with Crippen LogP contribution in [0.2, 0.25) is 0 Å². The summed E-state index contributed by atoms with van der Waals surface area (Å²) in [5.74, 6) is -1.29. The zero-order valence-electron chi connectivity index (χ0n) is 9.90. The topological polar surface area (TPSA) is 66.4 Å². The van der Waals surface area contributed by atoms with Gasteiger partial charge < -0.3 is 10.4 Å². The van der Waals surface area contributed by atoms with Gasteiger partial charge in [-0.1, -0.05) is 6.92 Å². The fourth-order valence-corrected chi connectivity index (χ4v) is 3.78. The molecule has 0 aliphatic carbocycles. The average molecular weight is 407 g/mol. The number of amides is 1. The third-order valence-corrected chi connectivity index (χ3v) is 5.40. The van der Waals surface area contributed by atoms with E-state index in [1.807, 2.05) is 6.92 Å². The number of aryl methyl sites for hydroxylation is 1. The summed E-state index contributed by atoms with van der Waals surface area (Å²) in [5.41, 5.74) is 0.706. The molecule has 0 aromatic carbocycles. The smallest absolute Gasteiger partial charge is 0.338 e. The molecule has 0 saturated heterocycles. The normalized spacial score (nSPS) is 10.4. The summed E-state index contributed by atoms with van der Waals surface area (Å²) >= 11 is 4.92. The van der Waals surface area contributed by atoms with Crippen LogP contribution in [0.25, 0.3) is 0 Å². The number of aromatic carboxylic acids is 1. The van der Waals surface area contributed by atoms with Crippen LogP contribution in [0, 0.1) is 2.88 Å². The van der Waals surface area contributed by atoms with Crippen molar-refractivity contribution in [2.45, 2.75) is 13.3 Å². The lowest BCUT2D eigenvalue weighted by atomic mass is 10.2. The molecule has 100 valence electrons. The van der Waals surface area contributed by atoms with Crippen LogP contribution >= 0.6 is 45.3 Å². The van der Waals surface area contributed by atoms with Crippen molar-refractivity contribution in [2.24, 2.45) is 0 Å². The lowest BCUT2D eigenvalue weighted by Gasteiger charge is -2.01. The molecule has 2 aromatic rings. The molecule has 1 amide bonds. The molecule has 19 heavy (non-hydrogen) atoms. The van der Waals surface area contributed by atoms with Crippen LogP contribution in [0.1, 0.15) is 32.5 Å². The van der Waals surface area contributed by atoms with E-state index in [-0.39, 0.29) is 11.5 Å². The molecular weight excluding hydrogens is 397 g/mol. The maximum absolute atomic E-state index is 12.0. The Morgan fingerprint density at radius 2 is 2.16 bits per heavy atom. The third-order valence-electron chi connectivity index (χ3n) is 2.42. The van der Waals surface area contributed by atoms with Gasteiger partial charge in [0.2, 0.25) is 0 Å². The minimum absolute atomic E-state index is 0.153. The number of thiophene rings is 2. The minimum atomic E-state index is -1.02. The number of carbonyl (C=O) groups is 2. The molecule has 2 aromatic heterocycles. The summed E-state index contributed by atoms with van der Waals surface area (Å²) in [6.07, 6.45) is 0.747. The second-order valence-corrected chi connectivity index (χ2v) is 7.65. The average Bonchev–Trinajstić information content (AvgIpc) is 2.95. The van der Waals surface area contributed by atoms with Crippen LogP contribution in [0.3, 0.4) is 0 Å². The fraction of sp³-hybridized carbons (Fsp3) is 0.167. The monoisotopic (exact) mass is 407 g/mol. The molecule has 7 heteroatoms. The lowest BCUT2D eigenvalue weighted by molar-refractivity contribution is 0.0698. The molecule has 0 bridgehead atoms. The highest BCUT2D eigenvalue weighted by Crippen LogP contribution is 2.29. The maximum atomic E-state index is 12.0. The van der Waals surface area contributed by atoms with Gasteiger partial charge in [0.25, 0.3) is 5.91 Å². The van der Waals surface area contributed by atoms with Gasteiger partial charge >= 0.3 is 5.97 Å². The molecule has 4 nitrogen and oxygen atoms in total. The van der Waals surface area contributed by atoms with E-state index in [0.29, 0.717) is 10.6 Å². The Hall–Kier alpha value is -0.930. The lowest BCUT2D eigenvalue weighted by Crippen LogP contribution is -2.12. The van der Waals surface area contributed by atoms with E-state index in [2.05, 4.69) is 27.9 Å². The highest BCUT2D eigenvalue weighted by molar-refractivity contribution is 14.1. The first-order valence-corrected chi connectivity index (χ1v) is 8.20. The number of carboxylic acid groups (broad SMARTS) is 1. The summed E-state index contributed by atoms with van der Waals surface area (Å²) < 4.78 is 1.02. The van der Waals surface area contributed by atoms with E-state index in [1.54, 1.807) is 17.5 Å². The van der Waals surface area contributed by atoms with Gasteiger partial charge in [-0.25, -0.2) is 4.79 Å². The Morgan fingerprint density at radius 3 is 2.68 bits per heavy atom. The van der Waals surface area contributed by atoms with Crippen LogP contribution < -0.4 is 5.32 Å². The molecular formula is C12H10INO3S2. The number of rotatable bonds is 4. The first-order chi connectivity index (χ1) is 9.01.